The fourth-order valence-electron chi connectivity index (χ4n) is 28.5. The van der Waals surface area contributed by atoms with E-state index < -0.39 is 0 Å². The molecule has 22 aromatic rings. The molecular weight excluding hydrogens is 1650 g/mol. The topological polar surface area (TPSA) is 41.0 Å². The monoisotopic (exact) mass is 1740 g/mol. The molecule has 0 amide bonds. The van der Waals surface area contributed by atoms with Crippen LogP contribution in [0.5, 0.6) is 0 Å². The van der Waals surface area contributed by atoms with Gasteiger partial charge in [0.2, 0.25) is 6.71 Å². The molecule has 0 spiro atoms. The molecule has 12 heteroatoms. The van der Waals surface area contributed by atoms with Crippen molar-refractivity contribution in [1.29, 1.82) is 0 Å². The van der Waals surface area contributed by atoms with Crippen LogP contribution in [0.1, 0.15) is 114 Å². The number of aryl methyl sites for hydroxylation is 4. The van der Waals surface area contributed by atoms with Crippen LogP contribution in [-0.2, 0) is 43.9 Å². The Kier molecular flexibility index (Phi) is 15.6. The van der Waals surface area contributed by atoms with Crippen molar-refractivity contribution >= 4 is 196 Å². The summed E-state index contributed by atoms with van der Waals surface area (Å²) in [6, 6.07) is 122. The maximum absolute atomic E-state index is 6.79. The molecule has 0 N–H and O–H groups in total. The number of anilines is 3. The molecule has 0 atom stereocenters. The lowest BCUT2D eigenvalue weighted by Gasteiger charge is -2.32. The summed E-state index contributed by atoms with van der Waals surface area (Å²) in [7, 11) is 0. The van der Waals surface area contributed by atoms with Crippen LogP contribution in [0.3, 0.4) is 0 Å². The molecule has 4 aliphatic carbocycles. The van der Waals surface area contributed by atoms with Crippen LogP contribution in [0.4, 0.5) is 17.1 Å². The van der Waals surface area contributed by atoms with Crippen LogP contribution in [0, 0.1) is 13.8 Å². The Bertz CT molecular complexity index is 9080. The summed E-state index contributed by atoms with van der Waals surface area (Å²) in [5.74, 6) is 0. The van der Waals surface area contributed by atoms with Gasteiger partial charge in [0.1, 0.15) is 5.58 Å². The number of hydrogen-bond donors (Lipinski definition) is 0. The number of fused-ring (bicyclic) bond motifs is 36. The van der Waals surface area contributed by atoms with E-state index in [1.807, 2.05) is 11.3 Å². The average molecular weight is 1740 g/mol. The Labute approximate surface area is 789 Å². The van der Waals surface area contributed by atoms with Crippen molar-refractivity contribution in [3.8, 4) is 61.8 Å². The summed E-state index contributed by atoms with van der Waals surface area (Å²) in [5, 5.41) is 9.76. The van der Waals surface area contributed by atoms with Crippen molar-refractivity contribution in [3.05, 3.63) is 395 Å². The summed E-state index contributed by atoms with van der Waals surface area (Å²) in [6.45, 7) is 10.5. The van der Waals surface area contributed by atoms with E-state index in [4.69, 9.17) is 4.42 Å². The molecule has 135 heavy (non-hydrogen) atoms. The van der Waals surface area contributed by atoms with Gasteiger partial charge >= 0.3 is 0 Å². The van der Waals surface area contributed by atoms with Crippen LogP contribution in [0.15, 0.2) is 337 Å². The van der Waals surface area contributed by atoms with E-state index in [2.05, 4.69) is 383 Å². The van der Waals surface area contributed by atoms with Crippen LogP contribution in [0.2, 0.25) is 0 Å². The van der Waals surface area contributed by atoms with E-state index in [9.17, 15) is 0 Å². The Morgan fingerprint density at radius 1 is 0.333 bits per heavy atom. The summed E-state index contributed by atoms with van der Waals surface area (Å²) < 4.78 is 22.7. The molecule has 636 valence electrons. The molecule has 8 aliphatic heterocycles. The second-order valence-corrected chi connectivity index (χ2v) is 41.5. The summed E-state index contributed by atoms with van der Waals surface area (Å²) in [4.78, 5) is 2.32. The minimum absolute atomic E-state index is 0.0451. The molecule has 0 saturated heterocycles. The van der Waals surface area contributed by atoms with Gasteiger partial charge in [0.25, 0.3) is 20.1 Å². The van der Waals surface area contributed by atoms with Gasteiger partial charge in [-0.05, 0) is 303 Å². The van der Waals surface area contributed by atoms with Crippen LogP contribution < -0.4 is 64.6 Å². The van der Waals surface area contributed by atoms with E-state index in [0.29, 0.717) is 13.4 Å². The molecule has 0 saturated carbocycles. The molecule has 0 radical (unpaired) electrons. The fraction of sp³-hybridized carbons (Fsp3) is 0.138. The number of furan rings is 1. The molecule has 0 bridgehead atoms. The van der Waals surface area contributed by atoms with Crippen molar-refractivity contribution in [2.75, 3.05) is 4.90 Å². The van der Waals surface area contributed by atoms with Gasteiger partial charge in [0.05, 0.1) is 11.2 Å². The van der Waals surface area contributed by atoms with Crippen LogP contribution >= 0.6 is 11.3 Å². The maximum atomic E-state index is 6.79. The number of hydrogen-bond acceptors (Lipinski definition) is 3. The Hall–Kier alpha value is -14.7. The minimum Gasteiger partial charge on any atom is -0.470 e. The first-order valence-corrected chi connectivity index (χ1v) is 50.1. The number of rotatable bonds is 4. The van der Waals surface area contributed by atoms with Gasteiger partial charge in [0.15, 0.2) is 0 Å². The van der Waals surface area contributed by atoms with Crippen molar-refractivity contribution < 1.29 is 4.42 Å². The number of thiophene rings is 1. The van der Waals surface area contributed by atoms with Crippen molar-refractivity contribution in [1.82, 2.24) is 22.8 Å². The Morgan fingerprint density at radius 2 is 0.778 bits per heavy atom. The fourth-order valence-corrected chi connectivity index (χ4v) is 29.9. The first-order valence-electron chi connectivity index (χ1n) is 49.3. The Balaban J connectivity index is 0.0000000846. The number of aromatic nitrogens is 5. The van der Waals surface area contributed by atoms with Gasteiger partial charge in [-0.3, -0.25) is 0 Å². The maximum Gasteiger partial charge on any atom is 0.293 e. The molecule has 0 fully saturated rings. The van der Waals surface area contributed by atoms with E-state index >= 15 is 0 Å². The smallest absolute Gasteiger partial charge is 0.293 e. The normalized spacial score (nSPS) is 15.3. The van der Waals surface area contributed by atoms with Crippen molar-refractivity contribution in [2.45, 2.75) is 110 Å². The lowest BCUT2D eigenvalue weighted by Crippen LogP contribution is -2.55. The number of allylic oxidation sites excluding steroid dienone is 1. The second-order valence-electron chi connectivity index (χ2n) is 40.4. The predicted octanol–water partition coefficient (Wildman–Crippen LogP) is 22.1. The lowest BCUT2D eigenvalue weighted by molar-refractivity contribution is 0.653. The number of nitrogens with zero attached hydrogens (tertiary/aromatic N) is 6. The summed E-state index contributed by atoms with van der Waals surface area (Å²) >= 11 is 2.00. The van der Waals surface area contributed by atoms with Gasteiger partial charge in [-0.2, -0.15) is 0 Å². The molecule has 15 heterocycles. The molecule has 12 aliphatic rings. The zero-order valence-corrected chi connectivity index (χ0v) is 76.8. The first kappa shape index (κ1) is 75.8. The van der Waals surface area contributed by atoms with Crippen molar-refractivity contribution in [3.63, 3.8) is 0 Å². The number of benzene rings is 15. The van der Waals surface area contributed by atoms with Gasteiger partial charge in [0, 0.05) is 149 Å². The molecular formula is C123H90B4N6OS. The zero-order valence-electron chi connectivity index (χ0n) is 76.0. The van der Waals surface area contributed by atoms with E-state index in [1.165, 1.54) is 275 Å². The molecule has 34 rings (SSSR count). The molecule has 15 aromatic carbocycles. The van der Waals surface area contributed by atoms with Crippen molar-refractivity contribution in [2.24, 2.45) is 0 Å². The standard InChI is InChI=1S/C36H25BN2O.C32H23BN2.C29H24BN.C26H18BNS/c1-22-23(2)38-31-18-10-16-28-33-29-21-26(39(24-11-5-3-6-12-24)25-13-7-4-8-14-25)19-20-32(29)40-36(33)37(34(28)31)30-17-9-15-27(22)35(30)38;1-2-10-20(11-3-1)34-27-18-7-5-13-23(27)29-24-15-9-19-28-30(24)33(32(29)34)25-16-8-14-22-21-12-4-6-17-26(21)35(28)31(22)25;1-29(2)21-13-5-3-10-19(21)25-20-12-8-16-24-26(20)30(28(25)29)22-14-7-11-18-17-9-4-6-15-23(17)31(24)27(18)22;1-3-12-20-15(7-1)16-9-5-11-19-25(16)28(20)21-13-6-10-18-23-17-8-2-4-14-22(17)29-26(23)27(19)24(18)21/h3-21H,1-2H3;1-3,5,7-11,13-16,18-19H,4,6,12,17H2;3,5,7-8,10-14,16H,4,6,9,15H2,1-2H3;2,4-6,8-11,13-14H,1,3,7,12H2. The molecule has 7 aromatic heterocycles. The van der Waals surface area contributed by atoms with Gasteiger partial charge in [-0.1, -0.05) is 256 Å². The third-order valence-corrected chi connectivity index (χ3v) is 35.0. The minimum atomic E-state index is 0.0451. The largest absolute Gasteiger partial charge is 0.470 e. The second kappa shape index (κ2) is 27.7. The third-order valence-electron chi connectivity index (χ3n) is 33.8. The highest BCUT2D eigenvalue weighted by atomic mass is 32.1. The van der Waals surface area contributed by atoms with Gasteiger partial charge < -0.3 is 32.2 Å². The predicted molar refractivity (Wildman–Crippen MR) is 570 cm³/mol. The highest BCUT2D eigenvalue weighted by Gasteiger charge is 2.54. The third kappa shape index (κ3) is 9.85. The molecule has 0 unspecified atom stereocenters. The van der Waals surface area contributed by atoms with E-state index in [-0.39, 0.29) is 18.8 Å². The highest BCUT2D eigenvalue weighted by Crippen LogP contribution is 2.55. The zero-order chi connectivity index (χ0) is 88.4. The number of para-hydroxylation sites is 8. The quantitative estimate of drug-likeness (QED) is 0.165. The van der Waals surface area contributed by atoms with Gasteiger partial charge in [-0.15, -0.1) is 11.3 Å². The highest BCUT2D eigenvalue weighted by molar-refractivity contribution is 7.34. The summed E-state index contributed by atoms with van der Waals surface area (Å²) in [6.07, 6.45) is 15.1. The average Bonchev–Trinajstić information content (AvgIpc) is 1.51. The van der Waals surface area contributed by atoms with Gasteiger partial charge in [-0.25, -0.2) is 0 Å². The lowest BCUT2D eigenvalue weighted by atomic mass is 9.33. The van der Waals surface area contributed by atoms with E-state index in [1.54, 1.807) is 54.9 Å². The Morgan fingerprint density at radius 3 is 1.39 bits per heavy atom. The first-order chi connectivity index (χ1) is 66.7. The molecule has 7 nitrogen and oxygen atoms in total. The van der Waals surface area contributed by atoms with Crippen LogP contribution in [0.25, 0.3) is 143 Å². The van der Waals surface area contributed by atoms with Crippen LogP contribution in [-0.4, -0.2) is 49.7 Å². The summed E-state index contributed by atoms with van der Waals surface area (Å²) in [5.41, 5.74) is 60.5. The SMILES string of the molecule is CC1(C)C2=C(c3ccccc31)c1cccc3c1B2c1cccc2c4c(n-3c12)CCCC4.Cc1c(C)n2c3c(cccc13)B1c3oc4ccc(N(c5ccccc5)c5ccccc5)cc4c3-c3cccc-2c31.c1cc2c3c(c1)-n1c4c(c5cccc(c51)B3c1sc3ccccc3c1-2)CCCC4.c1ccc(-n2c3c(c4ccccc42)-c2cccc4c2B3c2cccc3c5c(n-4c23)CCCC5)cc1. The van der Waals surface area contributed by atoms with E-state index in [0.717, 1.165) is 33.7 Å².